The average Bonchev–Trinajstić information content (AvgIpc) is 2.19. The molecule has 1 rings (SSSR count). The summed E-state index contributed by atoms with van der Waals surface area (Å²) in [5, 5.41) is 0. The standard InChI is InChI=1S/C10H21NO3/c1-9(7-12-2)14-10(8-11)3-5-13-6-4-10/h9H,3-8,11H2,1-2H3. The second-order valence-corrected chi connectivity index (χ2v) is 3.88. The van der Waals surface area contributed by atoms with E-state index in [-0.39, 0.29) is 11.7 Å². The van der Waals surface area contributed by atoms with Crippen molar-refractivity contribution in [1.29, 1.82) is 0 Å². The summed E-state index contributed by atoms with van der Waals surface area (Å²) in [5.41, 5.74) is 5.58. The fourth-order valence-corrected chi connectivity index (χ4v) is 1.81. The second kappa shape index (κ2) is 5.66. The summed E-state index contributed by atoms with van der Waals surface area (Å²) in [5.74, 6) is 0. The summed E-state index contributed by atoms with van der Waals surface area (Å²) in [6, 6.07) is 0. The van der Waals surface area contributed by atoms with Gasteiger partial charge in [0.25, 0.3) is 0 Å². The van der Waals surface area contributed by atoms with Crippen molar-refractivity contribution in [2.75, 3.05) is 33.5 Å². The minimum Gasteiger partial charge on any atom is -0.382 e. The molecular weight excluding hydrogens is 182 g/mol. The molecule has 1 aliphatic rings. The van der Waals surface area contributed by atoms with E-state index in [4.69, 9.17) is 19.9 Å². The number of methoxy groups -OCH3 is 1. The van der Waals surface area contributed by atoms with Crippen LogP contribution in [0.25, 0.3) is 0 Å². The maximum absolute atomic E-state index is 5.94. The molecule has 14 heavy (non-hydrogen) atoms. The Labute approximate surface area is 85.7 Å². The van der Waals surface area contributed by atoms with Crippen LogP contribution in [0.5, 0.6) is 0 Å². The Kier molecular flexibility index (Phi) is 4.81. The number of rotatable bonds is 5. The molecule has 1 heterocycles. The van der Waals surface area contributed by atoms with Gasteiger partial charge in [0.05, 0.1) is 18.3 Å². The molecule has 0 aromatic carbocycles. The van der Waals surface area contributed by atoms with Gasteiger partial charge in [-0.05, 0) is 6.92 Å². The Bertz CT molecular complexity index is 157. The predicted molar refractivity (Wildman–Crippen MR) is 54.3 cm³/mol. The molecule has 0 bridgehead atoms. The number of hydrogen-bond acceptors (Lipinski definition) is 4. The van der Waals surface area contributed by atoms with Gasteiger partial charge >= 0.3 is 0 Å². The van der Waals surface area contributed by atoms with Crippen LogP contribution in [0, 0.1) is 0 Å². The summed E-state index contributed by atoms with van der Waals surface area (Å²) in [7, 11) is 1.68. The van der Waals surface area contributed by atoms with Crippen LogP contribution < -0.4 is 5.73 Å². The molecule has 0 aliphatic carbocycles. The van der Waals surface area contributed by atoms with E-state index in [0.717, 1.165) is 26.1 Å². The molecule has 0 spiro atoms. The molecular formula is C10H21NO3. The largest absolute Gasteiger partial charge is 0.382 e. The van der Waals surface area contributed by atoms with Gasteiger partial charge in [0.2, 0.25) is 0 Å². The van der Waals surface area contributed by atoms with Crippen molar-refractivity contribution in [2.24, 2.45) is 5.73 Å². The van der Waals surface area contributed by atoms with E-state index in [1.165, 1.54) is 0 Å². The Hall–Kier alpha value is -0.160. The molecule has 0 saturated carbocycles. The summed E-state index contributed by atoms with van der Waals surface area (Å²) in [4.78, 5) is 0. The zero-order valence-corrected chi connectivity index (χ0v) is 9.12. The Morgan fingerprint density at radius 3 is 2.57 bits per heavy atom. The summed E-state index contributed by atoms with van der Waals surface area (Å²) < 4.78 is 16.3. The van der Waals surface area contributed by atoms with Crippen LogP contribution in [0.2, 0.25) is 0 Å². The summed E-state index contributed by atoms with van der Waals surface area (Å²) in [6.07, 6.45) is 1.87. The molecule has 2 N–H and O–H groups in total. The van der Waals surface area contributed by atoms with E-state index in [0.29, 0.717) is 13.2 Å². The molecule has 1 fully saturated rings. The Balaban J connectivity index is 2.42. The van der Waals surface area contributed by atoms with Gasteiger partial charge < -0.3 is 19.9 Å². The molecule has 1 unspecified atom stereocenters. The Morgan fingerprint density at radius 2 is 2.07 bits per heavy atom. The van der Waals surface area contributed by atoms with E-state index in [9.17, 15) is 0 Å². The first-order chi connectivity index (χ1) is 6.72. The fraction of sp³-hybridized carbons (Fsp3) is 1.00. The van der Waals surface area contributed by atoms with Gasteiger partial charge in [-0.15, -0.1) is 0 Å². The van der Waals surface area contributed by atoms with Crippen LogP contribution in [0.15, 0.2) is 0 Å². The normalized spacial score (nSPS) is 23.4. The predicted octanol–water partition coefficient (Wildman–Crippen LogP) is 0.546. The first-order valence-corrected chi connectivity index (χ1v) is 5.17. The lowest BCUT2D eigenvalue weighted by Gasteiger charge is -2.38. The van der Waals surface area contributed by atoms with Gasteiger partial charge in [-0.3, -0.25) is 0 Å². The minimum absolute atomic E-state index is 0.0987. The molecule has 0 aromatic heterocycles. The number of hydrogen-bond donors (Lipinski definition) is 1. The first-order valence-electron chi connectivity index (χ1n) is 5.17. The van der Waals surface area contributed by atoms with Crippen LogP contribution in [-0.4, -0.2) is 45.2 Å². The van der Waals surface area contributed by atoms with E-state index in [1.54, 1.807) is 7.11 Å². The van der Waals surface area contributed by atoms with Crippen molar-refractivity contribution in [3.63, 3.8) is 0 Å². The van der Waals surface area contributed by atoms with E-state index in [2.05, 4.69) is 0 Å². The summed E-state index contributed by atoms with van der Waals surface area (Å²) >= 11 is 0. The average molecular weight is 203 g/mol. The van der Waals surface area contributed by atoms with E-state index in [1.807, 2.05) is 6.92 Å². The maximum atomic E-state index is 5.94. The molecule has 1 saturated heterocycles. The topological polar surface area (TPSA) is 53.7 Å². The monoisotopic (exact) mass is 203 g/mol. The maximum Gasteiger partial charge on any atom is 0.0852 e. The van der Waals surface area contributed by atoms with E-state index >= 15 is 0 Å². The van der Waals surface area contributed by atoms with Gasteiger partial charge in [0.15, 0.2) is 0 Å². The highest BCUT2D eigenvalue weighted by Crippen LogP contribution is 2.25. The highest BCUT2D eigenvalue weighted by molar-refractivity contribution is 4.85. The smallest absolute Gasteiger partial charge is 0.0852 e. The van der Waals surface area contributed by atoms with Crippen molar-refractivity contribution in [2.45, 2.75) is 31.5 Å². The molecule has 84 valence electrons. The molecule has 1 atom stereocenters. The molecule has 0 amide bonds. The van der Waals surface area contributed by atoms with Crippen LogP contribution in [0.1, 0.15) is 19.8 Å². The fourth-order valence-electron chi connectivity index (χ4n) is 1.81. The Morgan fingerprint density at radius 1 is 1.43 bits per heavy atom. The van der Waals surface area contributed by atoms with Crippen molar-refractivity contribution in [1.82, 2.24) is 0 Å². The van der Waals surface area contributed by atoms with Gasteiger partial charge in [0, 0.05) is 39.7 Å². The quantitative estimate of drug-likeness (QED) is 0.709. The third-order valence-electron chi connectivity index (χ3n) is 2.63. The van der Waals surface area contributed by atoms with Gasteiger partial charge in [0.1, 0.15) is 0 Å². The third-order valence-corrected chi connectivity index (χ3v) is 2.63. The summed E-state index contributed by atoms with van der Waals surface area (Å²) in [6.45, 7) is 4.68. The number of nitrogens with two attached hydrogens (primary N) is 1. The van der Waals surface area contributed by atoms with Crippen LogP contribution in [-0.2, 0) is 14.2 Å². The lowest BCUT2D eigenvalue weighted by atomic mass is 9.94. The van der Waals surface area contributed by atoms with Crippen molar-refractivity contribution in [3.05, 3.63) is 0 Å². The van der Waals surface area contributed by atoms with Gasteiger partial charge in [-0.1, -0.05) is 0 Å². The van der Waals surface area contributed by atoms with Crippen LogP contribution >= 0.6 is 0 Å². The van der Waals surface area contributed by atoms with Gasteiger partial charge in [-0.2, -0.15) is 0 Å². The molecule has 0 aromatic rings. The third kappa shape index (κ3) is 3.20. The van der Waals surface area contributed by atoms with Crippen molar-refractivity contribution >= 4 is 0 Å². The van der Waals surface area contributed by atoms with Crippen molar-refractivity contribution in [3.8, 4) is 0 Å². The van der Waals surface area contributed by atoms with Gasteiger partial charge in [-0.25, -0.2) is 0 Å². The highest BCUT2D eigenvalue weighted by atomic mass is 16.5. The zero-order chi connectivity index (χ0) is 10.4. The molecule has 1 aliphatic heterocycles. The van der Waals surface area contributed by atoms with Crippen molar-refractivity contribution < 1.29 is 14.2 Å². The first kappa shape index (κ1) is 11.9. The highest BCUT2D eigenvalue weighted by Gasteiger charge is 2.33. The molecule has 4 nitrogen and oxygen atoms in total. The minimum atomic E-state index is -0.184. The second-order valence-electron chi connectivity index (χ2n) is 3.88. The molecule has 0 radical (unpaired) electrons. The lowest BCUT2D eigenvalue weighted by Crippen LogP contribution is -2.48. The SMILES string of the molecule is COCC(C)OC1(CN)CCOCC1. The zero-order valence-electron chi connectivity index (χ0n) is 9.12. The van der Waals surface area contributed by atoms with Crippen LogP contribution in [0.3, 0.4) is 0 Å². The number of ether oxygens (including phenoxy) is 3. The van der Waals surface area contributed by atoms with Crippen LogP contribution in [0.4, 0.5) is 0 Å². The lowest BCUT2D eigenvalue weighted by molar-refractivity contribution is -0.144. The van der Waals surface area contributed by atoms with E-state index < -0.39 is 0 Å². The molecule has 4 heteroatoms.